The number of urea groups is 1. The van der Waals surface area contributed by atoms with Crippen LogP contribution in [0.2, 0.25) is 0 Å². The molecule has 0 bridgehead atoms. The predicted molar refractivity (Wildman–Crippen MR) is 88.7 cm³/mol. The van der Waals surface area contributed by atoms with Gasteiger partial charge in [0.25, 0.3) is 5.69 Å². The van der Waals surface area contributed by atoms with Gasteiger partial charge in [0.1, 0.15) is 0 Å². The summed E-state index contributed by atoms with van der Waals surface area (Å²) in [5, 5.41) is 20.4. The number of hydrogen-bond acceptors (Lipinski definition) is 4. The van der Waals surface area contributed by atoms with E-state index in [-0.39, 0.29) is 17.8 Å². The first kappa shape index (κ1) is 16.0. The van der Waals surface area contributed by atoms with Crippen molar-refractivity contribution in [3.8, 4) is 0 Å². The molecule has 0 unspecified atom stereocenters. The molecule has 1 aromatic carbocycles. The standard InChI is InChI=1S/C16H19N5O3/c1-11-8-13(21(23)24)5-6-14(11)19-16(22)20-7-3-2-4-15(20)12-9-17-18-10-12/h5-6,8-10,15H,2-4,7H2,1H3,(H,17,18)(H,19,22)/t15-/m0/s1. The third-order valence-corrected chi connectivity index (χ3v) is 4.33. The molecule has 24 heavy (non-hydrogen) atoms. The molecule has 2 amide bonds. The zero-order chi connectivity index (χ0) is 17.1. The molecule has 0 saturated carbocycles. The number of non-ortho nitro benzene ring substituents is 1. The number of nitrogens with zero attached hydrogens (tertiary/aromatic N) is 3. The van der Waals surface area contributed by atoms with Crippen molar-refractivity contribution in [1.29, 1.82) is 0 Å². The van der Waals surface area contributed by atoms with Crippen molar-refractivity contribution < 1.29 is 9.72 Å². The zero-order valence-corrected chi connectivity index (χ0v) is 13.4. The molecule has 0 radical (unpaired) electrons. The average molecular weight is 329 g/mol. The van der Waals surface area contributed by atoms with Crippen LogP contribution >= 0.6 is 0 Å². The maximum atomic E-state index is 12.7. The fourth-order valence-corrected chi connectivity index (χ4v) is 3.05. The van der Waals surface area contributed by atoms with Crippen LogP contribution in [-0.2, 0) is 0 Å². The highest BCUT2D eigenvalue weighted by Gasteiger charge is 2.28. The van der Waals surface area contributed by atoms with Gasteiger partial charge in [-0.05, 0) is 37.8 Å². The number of benzene rings is 1. The van der Waals surface area contributed by atoms with Gasteiger partial charge in [-0.15, -0.1) is 0 Å². The van der Waals surface area contributed by atoms with Gasteiger partial charge >= 0.3 is 6.03 Å². The molecular formula is C16H19N5O3. The Balaban J connectivity index is 1.77. The average Bonchev–Trinajstić information content (AvgIpc) is 3.11. The molecule has 0 spiro atoms. The van der Waals surface area contributed by atoms with Crippen LogP contribution in [0.25, 0.3) is 0 Å². The molecule has 3 rings (SSSR count). The van der Waals surface area contributed by atoms with Crippen LogP contribution in [0.4, 0.5) is 16.2 Å². The van der Waals surface area contributed by atoms with Crippen molar-refractivity contribution in [1.82, 2.24) is 15.1 Å². The Morgan fingerprint density at radius 1 is 1.46 bits per heavy atom. The number of aromatic nitrogens is 2. The number of piperidine rings is 1. The number of aromatic amines is 1. The molecule has 1 atom stereocenters. The van der Waals surface area contributed by atoms with Gasteiger partial charge in [-0.2, -0.15) is 5.10 Å². The Labute approximate surface area is 139 Å². The minimum Gasteiger partial charge on any atom is -0.317 e. The number of aryl methyl sites for hydroxylation is 1. The van der Waals surface area contributed by atoms with Crippen molar-refractivity contribution >= 4 is 17.4 Å². The molecule has 1 aliphatic heterocycles. The topological polar surface area (TPSA) is 104 Å². The maximum absolute atomic E-state index is 12.7. The summed E-state index contributed by atoms with van der Waals surface area (Å²) in [6.45, 7) is 2.42. The Morgan fingerprint density at radius 2 is 2.29 bits per heavy atom. The van der Waals surface area contributed by atoms with Gasteiger partial charge in [-0.1, -0.05) is 0 Å². The summed E-state index contributed by atoms with van der Waals surface area (Å²) in [6.07, 6.45) is 6.48. The van der Waals surface area contributed by atoms with E-state index in [2.05, 4.69) is 15.5 Å². The van der Waals surface area contributed by atoms with E-state index in [1.54, 1.807) is 24.1 Å². The zero-order valence-electron chi connectivity index (χ0n) is 13.4. The summed E-state index contributed by atoms with van der Waals surface area (Å²) in [6, 6.07) is 4.22. The van der Waals surface area contributed by atoms with Gasteiger partial charge in [0, 0.05) is 36.1 Å². The number of nitrogens with one attached hydrogen (secondary N) is 2. The molecule has 126 valence electrons. The monoisotopic (exact) mass is 329 g/mol. The van der Waals surface area contributed by atoms with Crippen LogP contribution in [0, 0.1) is 17.0 Å². The van der Waals surface area contributed by atoms with E-state index in [9.17, 15) is 14.9 Å². The second-order valence-corrected chi connectivity index (χ2v) is 5.92. The first-order valence-corrected chi connectivity index (χ1v) is 7.87. The highest BCUT2D eigenvalue weighted by atomic mass is 16.6. The summed E-state index contributed by atoms with van der Waals surface area (Å²) < 4.78 is 0. The lowest BCUT2D eigenvalue weighted by molar-refractivity contribution is -0.384. The van der Waals surface area contributed by atoms with E-state index in [0.717, 1.165) is 24.8 Å². The van der Waals surface area contributed by atoms with Crippen LogP contribution in [0.15, 0.2) is 30.6 Å². The minimum absolute atomic E-state index is 0.00384. The summed E-state index contributed by atoms with van der Waals surface area (Å²) in [4.78, 5) is 24.9. The van der Waals surface area contributed by atoms with Crippen LogP contribution in [-0.4, -0.2) is 32.6 Å². The van der Waals surface area contributed by atoms with E-state index >= 15 is 0 Å². The Morgan fingerprint density at radius 3 is 2.96 bits per heavy atom. The van der Waals surface area contributed by atoms with E-state index < -0.39 is 4.92 Å². The van der Waals surface area contributed by atoms with Crippen LogP contribution in [0.5, 0.6) is 0 Å². The van der Waals surface area contributed by atoms with E-state index in [1.807, 2.05) is 6.20 Å². The Kier molecular flexibility index (Phi) is 4.45. The number of carbonyl (C=O) groups is 1. The van der Waals surface area contributed by atoms with E-state index in [4.69, 9.17) is 0 Å². The number of rotatable bonds is 3. The number of H-pyrrole nitrogens is 1. The summed E-state index contributed by atoms with van der Waals surface area (Å²) in [5.74, 6) is 0. The summed E-state index contributed by atoms with van der Waals surface area (Å²) in [5.41, 5.74) is 2.25. The van der Waals surface area contributed by atoms with Gasteiger partial charge in [0.15, 0.2) is 0 Å². The molecule has 1 fully saturated rings. The Hall–Kier alpha value is -2.90. The highest BCUT2D eigenvalue weighted by molar-refractivity contribution is 5.90. The number of hydrogen-bond donors (Lipinski definition) is 2. The second kappa shape index (κ2) is 6.69. The SMILES string of the molecule is Cc1cc([N+](=O)[O-])ccc1NC(=O)N1CCCC[C@H]1c1cn[nH]c1. The number of amides is 2. The maximum Gasteiger partial charge on any atom is 0.322 e. The van der Waals surface area contributed by atoms with Crippen LogP contribution in [0.3, 0.4) is 0 Å². The van der Waals surface area contributed by atoms with Gasteiger partial charge in [0.2, 0.25) is 0 Å². The molecule has 1 aromatic heterocycles. The first-order chi connectivity index (χ1) is 11.6. The first-order valence-electron chi connectivity index (χ1n) is 7.87. The number of carbonyl (C=O) groups excluding carboxylic acids is 1. The second-order valence-electron chi connectivity index (χ2n) is 5.92. The van der Waals surface area contributed by atoms with Gasteiger partial charge in [-0.3, -0.25) is 15.2 Å². The quantitative estimate of drug-likeness (QED) is 0.665. The number of likely N-dealkylation sites (tertiary alicyclic amines) is 1. The smallest absolute Gasteiger partial charge is 0.317 e. The lowest BCUT2D eigenvalue weighted by Crippen LogP contribution is -2.41. The van der Waals surface area contributed by atoms with Crippen molar-refractivity contribution in [3.05, 3.63) is 51.8 Å². The highest BCUT2D eigenvalue weighted by Crippen LogP contribution is 2.31. The lowest BCUT2D eigenvalue weighted by atomic mass is 9.98. The fourth-order valence-electron chi connectivity index (χ4n) is 3.05. The molecule has 2 N–H and O–H groups in total. The molecule has 1 saturated heterocycles. The molecule has 0 aliphatic carbocycles. The van der Waals surface area contributed by atoms with E-state index in [1.165, 1.54) is 12.1 Å². The van der Waals surface area contributed by atoms with E-state index in [0.29, 0.717) is 17.8 Å². The molecule has 1 aliphatic rings. The molecule has 8 heteroatoms. The van der Waals surface area contributed by atoms with Crippen LogP contribution < -0.4 is 5.32 Å². The third-order valence-electron chi connectivity index (χ3n) is 4.33. The Bertz CT molecular complexity index is 744. The number of nitro groups is 1. The molecule has 2 heterocycles. The summed E-state index contributed by atoms with van der Waals surface area (Å²) >= 11 is 0. The molecule has 8 nitrogen and oxygen atoms in total. The van der Waals surface area contributed by atoms with Gasteiger partial charge in [0.05, 0.1) is 17.2 Å². The lowest BCUT2D eigenvalue weighted by Gasteiger charge is -2.35. The number of nitro benzene ring substituents is 1. The largest absolute Gasteiger partial charge is 0.322 e. The third kappa shape index (κ3) is 3.22. The molecular weight excluding hydrogens is 310 g/mol. The predicted octanol–water partition coefficient (Wildman–Crippen LogP) is 3.39. The van der Waals surface area contributed by atoms with Crippen molar-refractivity contribution in [2.75, 3.05) is 11.9 Å². The fraction of sp³-hybridized carbons (Fsp3) is 0.375. The summed E-state index contributed by atoms with van der Waals surface area (Å²) in [7, 11) is 0. The van der Waals surface area contributed by atoms with Crippen molar-refractivity contribution in [3.63, 3.8) is 0 Å². The van der Waals surface area contributed by atoms with Crippen molar-refractivity contribution in [2.45, 2.75) is 32.2 Å². The normalized spacial score (nSPS) is 17.5. The molecule has 2 aromatic rings. The van der Waals surface area contributed by atoms with Gasteiger partial charge in [-0.25, -0.2) is 4.79 Å². The van der Waals surface area contributed by atoms with Crippen LogP contribution in [0.1, 0.15) is 36.4 Å². The minimum atomic E-state index is -0.446. The number of anilines is 1. The van der Waals surface area contributed by atoms with Crippen molar-refractivity contribution in [2.24, 2.45) is 0 Å². The van der Waals surface area contributed by atoms with Gasteiger partial charge < -0.3 is 10.2 Å².